The monoisotopic (exact) mass is 355 g/mol. The summed E-state index contributed by atoms with van der Waals surface area (Å²) >= 11 is 0. The van der Waals surface area contributed by atoms with Crippen LogP contribution in [0.5, 0.6) is 5.75 Å². The maximum Gasteiger partial charge on any atom is 0.344 e. The second kappa shape index (κ2) is 9.61. The van der Waals surface area contributed by atoms with Gasteiger partial charge in [-0.2, -0.15) is 0 Å². The topological polar surface area (TPSA) is 55.8 Å². The van der Waals surface area contributed by atoms with Gasteiger partial charge in [0.15, 0.2) is 13.2 Å². The van der Waals surface area contributed by atoms with E-state index >= 15 is 0 Å². The van der Waals surface area contributed by atoms with Crippen LogP contribution in [0.4, 0.5) is 0 Å². The second-order valence-corrected chi connectivity index (χ2v) is 6.13. The number of para-hydroxylation sites is 1. The van der Waals surface area contributed by atoms with Crippen molar-refractivity contribution in [1.82, 2.24) is 4.90 Å². The summed E-state index contributed by atoms with van der Waals surface area (Å²) in [6, 6.07) is 15.5. The number of ether oxygens (including phenoxy) is 2. The molecule has 138 valence electrons. The fourth-order valence-corrected chi connectivity index (χ4v) is 2.39. The standard InChI is InChI=1S/C21H25NO4/c1-4-17-9-11-18(12-10-17)13-22(3)20(23)14-26-21(24)15-25-19-8-6-5-7-16(19)2/h5-12H,4,13-15H2,1-3H3. The molecule has 2 rings (SSSR count). The molecule has 0 atom stereocenters. The molecule has 0 unspecified atom stereocenters. The quantitative estimate of drug-likeness (QED) is 0.683. The molecular weight excluding hydrogens is 330 g/mol. The van der Waals surface area contributed by atoms with Crippen LogP contribution in [0.15, 0.2) is 48.5 Å². The van der Waals surface area contributed by atoms with Gasteiger partial charge in [-0.1, -0.05) is 49.4 Å². The molecule has 0 radical (unpaired) electrons. The lowest BCUT2D eigenvalue weighted by molar-refractivity contribution is -0.153. The lowest BCUT2D eigenvalue weighted by Crippen LogP contribution is -2.31. The van der Waals surface area contributed by atoms with Crippen molar-refractivity contribution < 1.29 is 19.1 Å². The Morgan fingerprint density at radius 2 is 1.62 bits per heavy atom. The minimum absolute atomic E-state index is 0.222. The molecule has 0 bridgehead atoms. The van der Waals surface area contributed by atoms with Crippen LogP contribution < -0.4 is 4.74 Å². The van der Waals surface area contributed by atoms with Gasteiger partial charge in [-0.05, 0) is 36.1 Å². The number of hydrogen-bond acceptors (Lipinski definition) is 4. The van der Waals surface area contributed by atoms with Gasteiger partial charge in [-0.3, -0.25) is 4.79 Å². The van der Waals surface area contributed by atoms with Gasteiger partial charge >= 0.3 is 5.97 Å². The van der Waals surface area contributed by atoms with Gasteiger partial charge < -0.3 is 14.4 Å². The molecule has 0 saturated carbocycles. The highest BCUT2D eigenvalue weighted by Crippen LogP contribution is 2.15. The molecule has 0 aromatic heterocycles. The summed E-state index contributed by atoms with van der Waals surface area (Å²) < 4.78 is 10.4. The van der Waals surface area contributed by atoms with E-state index in [0.29, 0.717) is 12.3 Å². The Balaban J connectivity index is 1.74. The third-order valence-corrected chi connectivity index (χ3v) is 4.07. The van der Waals surface area contributed by atoms with E-state index in [-0.39, 0.29) is 19.1 Å². The Labute approximate surface area is 154 Å². The zero-order valence-electron chi connectivity index (χ0n) is 15.5. The fraction of sp³-hybridized carbons (Fsp3) is 0.333. The molecule has 0 N–H and O–H groups in total. The molecule has 0 aliphatic heterocycles. The van der Waals surface area contributed by atoms with Crippen LogP contribution in [-0.2, 0) is 27.3 Å². The number of hydrogen-bond donors (Lipinski definition) is 0. The van der Waals surface area contributed by atoms with E-state index in [2.05, 4.69) is 19.1 Å². The highest BCUT2D eigenvalue weighted by molar-refractivity contribution is 5.80. The van der Waals surface area contributed by atoms with Crippen LogP contribution in [0.1, 0.15) is 23.6 Å². The smallest absolute Gasteiger partial charge is 0.344 e. The first-order valence-electron chi connectivity index (χ1n) is 8.65. The largest absolute Gasteiger partial charge is 0.482 e. The lowest BCUT2D eigenvalue weighted by Gasteiger charge is -2.17. The first-order valence-corrected chi connectivity index (χ1v) is 8.65. The predicted octanol–water partition coefficient (Wildman–Crippen LogP) is 3.14. The van der Waals surface area contributed by atoms with Crippen LogP contribution >= 0.6 is 0 Å². The van der Waals surface area contributed by atoms with Crippen molar-refractivity contribution in [3.8, 4) is 5.75 Å². The SMILES string of the molecule is CCc1ccc(CN(C)C(=O)COC(=O)COc2ccccc2C)cc1. The molecule has 0 fully saturated rings. The Morgan fingerprint density at radius 3 is 2.27 bits per heavy atom. The molecule has 1 amide bonds. The third kappa shape index (κ3) is 5.92. The Hall–Kier alpha value is -2.82. The molecule has 0 saturated heterocycles. The summed E-state index contributed by atoms with van der Waals surface area (Å²) in [5.74, 6) is -0.195. The number of likely N-dealkylation sites (N-methyl/N-ethyl adjacent to an activating group) is 1. The highest BCUT2D eigenvalue weighted by atomic mass is 16.6. The Morgan fingerprint density at radius 1 is 0.962 bits per heavy atom. The van der Waals surface area contributed by atoms with Gasteiger partial charge in [0.2, 0.25) is 0 Å². The molecule has 2 aromatic carbocycles. The van der Waals surface area contributed by atoms with Crippen molar-refractivity contribution in [2.24, 2.45) is 0 Å². The lowest BCUT2D eigenvalue weighted by atomic mass is 10.1. The van der Waals surface area contributed by atoms with Crippen LogP contribution in [0.2, 0.25) is 0 Å². The number of rotatable bonds is 8. The summed E-state index contributed by atoms with van der Waals surface area (Å²) in [6.45, 7) is 3.95. The maximum atomic E-state index is 12.1. The number of nitrogens with zero attached hydrogens (tertiary/aromatic N) is 1. The number of aryl methyl sites for hydroxylation is 2. The summed E-state index contributed by atoms with van der Waals surface area (Å²) in [7, 11) is 1.69. The van der Waals surface area contributed by atoms with E-state index in [1.165, 1.54) is 10.5 Å². The first kappa shape index (κ1) is 19.5. The maximum absolute atomic E-state index is 12.1. The van der Waals surface area contributed by atoms with Crippen molar-refractivity contribution >= 4 is 11.9 Å². The van der Waals surface area contributed by atoms with Crippen molar-refractivity contribution in [1.29, 1.82) is 0 Å². The number of benzene rings is 2. The Kier molecular flexibility index (Phi) is 7.21. The normalized spacial score (nSPS) is 10.3. The first-order chi connectivity index (χ1) is 12.5. The van der Waals surface area contributed by atoms with Crippen LogP contribution in [0.25, 0.3) is 0 Å². The minimum atomic E-state index is -0.567. The number of amides is 1. The summed E-state index contributed by atoms with van der Waals surface area (Å²) in [4.78, 5) is 25.4. The molecule has 0 aliphatic rings. The zero-order valence-corrected chi connectivity index (χ0v) is 15.5. The van der Waals surface area contributed by atoms with Crippen molar-refractivity contribution in [3.63, 3.8) is 0 Å². The van der Waals surface area contributed by atoms with Crippen LogP contribution in [0, 0.1) is 6.92 Å². The van der Waals surface area contributed by atoms with Gasteiger partial charge in [0.25, 0.3) is 5.91 Å². The molecule has 0 spiro atoms. The summed E-state index contributed by atoms with van der Waals surface area (Å²) in [5, 5.41) is 0. The van der Waals surface area contributed by atoms with E-state index in [9.17, 15) is 9.59 Å². The van der Waals surface area contributed by atoms with E-state index in [0.717, 1.165) is 17.5 Å². The molecule has 5 nitrogen and oxygen atoms in total. The highest BCUT2D eigenvalue weighted by Gasteiger charge is 2.13. The molecule has 0 heterocycles. The molecular formula is C21H25NO4. The zero-order chi connectivity index (χ0) is 18.9. The Bertz CT molecular complexity index is 740. The van der Waals surface area contributed by atoms with Gasteiger partial charge in [-0.25, -0.2) is 4.79 Å². The molecule has 2 aromatic rings. The fourth-order valence-electron chi connectivity index (χ4n) is 2.39. The number of carbonyl (C=O) groups excluding carboxylic acids is 2. The van der Waals surface area contributed by atoms with Crippen molar-refractivity contribution in [3.05, 3.63) is 65.2 Å². The van der Waals surface area contributed by atoms with E-state index in [1.807, 2.05) is 37.3 Å². The number of carbonyl (C=O) groups is 2. The van der Waals surface area contributed by atoms with E-state index in [4.69, 9.17) is 9.47 Å². The molecule has 5 heteroatoms. The van der Waals surface area contributed by atoms with Gasteiger partial charge in [0.1, 0.15) is 5.75 Å². The molecule has 26 heavy (non-hydrogen) atoms. The second-order valence-electron chi connectivity index (χ2n) is 6.13. The summed E-state index contributed by atoms with van der Waals surface area (Å²) in [6.07, 6.45) is 0.982. The van der Waals surface area contributed by atoms with Gasteiger partial charge in [0, 0.05) is 13.6 Å². The van der Waals surface area contributed by atoms with Crippen LogP contribution in [-0.4, -0.2) is 37.0 Å². The third-order valence-electron chi connectivity index (χ3n) is 4.07. The van der Waals surface area contributed by atoms with Gasteiger partial charge in [0.05, 0.1) is 0 Å². The minimum Gasteiger partial charge on any atom is -0.482 e. The molecule has 0 aliphatic carbocycles. The van der Waals surface area contributed by atoms with E-state index < -0.39 is 5.97 Å². The van der Waals surface area contributed by atoms with Crippen molar-refractivity contribution in [2.45, 2.75) is 26.8 Å². The van der Waals surface area contributed by atoms with Crippen LogP contribution in [0.3, 0.4) is 0 Å². The van der Waals surface area contributed by atoms with Crippen molar-refractivity contribution in [2.75, 3.05) is 20.3 Å². The predicted molar refractivity (Wildman–Crippen MR) is 99.9 cm³/mol. The number of esters is 1. The van der Waals surface area contributed by atoms with E-state index in [1.54, 1.807) is 13.1 Å². The summed E-state index contributed by atoms with van der Waals surface area (Å²) in [5.41, 5.74) is 3.22. The average molecular weight is 355 g/mol. The average Bonchev–Trinajstić information content (AvgIpc) is 2.66. The van der Waals surface area contributed by atoms with Gasteiger partial charge in [-0.15, -0.1) is 0 Å².